The second kappa shape index (κ2) is 5.54. The highest BCUT2D eigenvalue weighted by Crippen LogP contribution is 2.32. The van der Waals surface area contributed by atoms with Gasteiger partial charge in [-0.05, 0) is 40.2 Å². The molecule has 0 aliphatic carbocycles. The van der Waals surface area contributed by atoms with Gasteiger partial charge in [0.15, 0.2) is 0 Å². The van der Waals surface area contributed by atoms with Crippen LogP contribution < -0.4 is 4.74 Å². The summed E-state index contributed by atoms with van der Waals surface area (Å²) >= 11 is 9.00. The van der Waals surface area contributed by atoms with Crippen molar-refractivity contribution in [2.45, 2.75) is 0 Å². The zero-order chi connectivity index (χ0) is 14.0. The van der Waals surface area contributed by atoms with E-state index in [1.807, 2.05) is 0 Å². The maximum Gasteiger partial charge on any atom is 0.341 e. The van der Waals surface area contributed by atoms with Crippen LogP contribution in [-0.4, -0.2) is 16.1 Å². The minimum Gasteiger partial charge on any atom is -0.477 e. The molecule has 7 heteroatoms. The third kappa shape index (κ3) is 3.21. The van der Waals surface area contributed by atoms with E-state index >= 15 is 0 Å². The molecule has 0 aliphatic rings. The summed E-state index contributed by atoms with van der Waals surface area (Å²) in [7, 11) is 0. The first-order valence-electron chi connectivity index (χ1n) is 4.99. The number of rotatable bonds is 3. The summed E-state index contributed by atoms with van der Waals surface area (Å²) in [6.45, 7) is 0. The first-order chi connectivity index (χ1) is 8.97. The maximum absolute atomic E-state index is 13.0. The van der Waals surface area contributed by atoms with E-state index < -0.39 is 11.8 Å². The predicted molar refractivity (Wildman–Crippen MR) is 70.4 cm³/mol. The van der Waals surface area contributed by atoms with Crippen molar-refractivity contribution in [1.29, 1.82) is 0 Å². The Labute approximate surface area is 120 Å². The van der Waals surface area contributed by atoms with Gasteiger partial charge in [-0.3, -0.25) is 0 Å². The molecular formula is C12H6BrClFNO3. The lowest BCUT2D eigenvalue weighted by atomic mass is 10.2. The fraction of sp³-hybridized carbons (Fsp3) is 0. The molecule has 2 aromatic rings. The Morgan fingerprint density at radius 1 is 1.42 bits per heavy atom. The summed E-state index contributed by atoms with van der Waals surface area (Å²) in [5.74, 6) is -1.95. The Bertz CT molecular complexity index is 651. The number of hydrogen-bond donors (Lipinski definition) is 1. The number of pyridine rings is 1. The molecule has 0 atom stereocenters. The molecule has 0 radical (unpaired) electrons. The van der Waals surface area contributed by atoms with Crippen LogP contribution in [0.4, 0.5) is 4.39 Å². The van der Waals surface area contributed by atoms with Gasteiger partial charge in [-0.1, -0.05) is 11.6 Å². The van der Waals surface area contributed by atoms with Gasteiger partial charge in [0, 0.05) is 5.02 Å². The van der Waals surface area contributed by atoms with Gasteiger partial charge < -0.3 is 9.84 Å². The number of aromatic nitrogens is 1. The van der Waals surface area contributed by atoms with Crippen molar-refractivity contribution >= 4 is 33.5 Å². The van der Waals surface area contributed by atoms with E-state index in [1.54, 1.807) is 18.2 Å². The van der Waals surface area contributed by atoms with E-state index in [-0.39, 0.29) is 11.4 Å². The molecule has 0 aliphatic heterocycles. The van der Waals surface area contributed by atoms with Gasteiger partial charge >= 0.3 is 5.97 Å². The minimum absolute atomic E-state index is 0.197. The van der Waals surface area contributed by atoms with E-state index in [0.29, 0.717) is 15.2 Å². The maximum atomic E-state index is 13.0. The number of carboxylic acid groups (broad SMARTS) is 1. The average Bonchev–Trinajstić information content (AvgIpc) is 2.34. The Morgan fingerprint density at radius 3 is 2.79 bits per heavy atom. The molecule has 0 unspecified atom stereocenters. The highest BCUT2D eigenvalue weighted by molar-refractivity contribution is 9.10. The second-order valence-electron chi connectivity index (χ2n) is 3.49. The fourth-order valence-corrected chi connectivity index (χ4v) is 2.09. The van der Waals surface area contributed by atoms with E-state index in [0.717, 1.165) is 12.3 Å². The second-order valence-corrected chi connectivity index (χ2v) is 4.78. The highest BCUT2D eigenvalue weighted by Gasteiger charge is 2.16. The summed E-state index contributed by atoms with van der Waals surface area (Å²) in [6, 6.07) is 5.55. The van der Waals surface area contributed by atoms with Crippen LogP contribution in [0.15, 0.2) is 34.9 Å². The van der Waals surface area contributed by atoms with Gasteiger partial charge in [0.1, 0.15) is 17.1 Å². The smallest absolute Gasteiger partial charge is 0.341 e. The van der Waals surface area contributed by atoms with Crippen LogP contribution in [0.3, 0.4) is 0 Å². The SMILES string of the molecule is O=C(O)c1cc(F)cnc1Oc1ccc(Cl)cc1Br. The number of halogens is 3. The Hall–Kier alpha value is -1.66. The largest absolute Gasteiger partial charge is 0.477 e. The van der Waals surface area contributed by atoms with Crippen molar-refractivity contribution in [3.63, 3.8) is 0 Å². The van der Waals surface area contributed by atoms with Gasteiger partial charge in [-0.15, -0.1) is 0 Å². The number of carbonyl (C=O) groups is 1. The number of ether oxygens (including phenoxy) is 1. The molecule has 4 nitrogen and oxygen atoms in total. The van der Waals surface area contributed by atoms with Crippen molar-refractivity contribution in [3.05, 3.63) is 51.3 Å². The van der Waals surface area contributed by atoms with Crippen LogP contribution >= 0.6 is 27.5 Å². The molecule has 1 N–H and O–H groups in total. The van der Waals surface area contributed by atoms with Crippen molar-refractivity contribution < 1.29 is 19.0 Å². The van der Waals surface area contributed by atoms with Gasteiger partial charge in [-0.2, -0.15) is 0 Å². The van der Waals surface area contributed by atoms with Gasteiger partial charge in [0.2, 0.25) is 5.88 Å². The predicted octanol–water partition coefficient (Wildman–Crippen LogP) is 4.13. The van der Waals surface area contributed by atoms with Crippen LogP contribution in [0.1, 0.15) is 10.4 Å². The topological polar surface area (TPSA) is 59.4 Å². The molecule has 1 heterocycles. The van der Waals surface area contributed by atoms with E-state index in [1.165, 1.54) is 0 Å². The van der Waals surface area contributed by atoms with Gasteiger partial charge in [-0.25, -0.2) is 14.2 Å². The molecule has 0 bridgehead atoms. The van der Waals surface area contributed by atoms with Crippen molar-refractivity contribution in [1.82, 2.24) is 4.98 Å². The molecule has 1 aromatic heterocycles. The Balaban J connectivity index is 2.40. The first kappa shape index (κ1) is 13.8. The molecule has 19 heavy (non-hydrogen) atoms. The first-order valence-corrected chi connectivity index (χ1v) is 6.16. The summed E-state index contributed by atoms with van der Waals surface area (Å²) in [5, 5.41) is 9.45. The summed E-state index contributed by atoms with van der Waals surface area (Å²) < 4.78 is 18.8. The molecule has 2 rings (SSSR count). The average molecular weight is 347 g/mol. The molecule has 0 saturated heterocycles. The fourth-order valence-electron chi connectivity index (χ4n) is 1.32. The Kier molecular flexibility index (Phi) is 4.01. The standard InChI is InChI=1S/C12H6BrClFNO3/c13-9-3-6(14)1-2-10(9)19-11-8(12(17)18)4-7(15)5-16-11/h1-5H,(H,17,18). The highest BCUT2D eigenvalue weighted by atomic mass is 79.9. The lowest BCUT2D eigenvalue weighted by Gasteiger charge is -2.09. The quantitative estimate of drug-likeness (QED) is 0.908. The van der Waals surface area contributed by atoms with E-state index in [2.05, 4.69) is 20.9 Å². The lowest BCUT2D eigenvalue weighted by molar-refractivity contribution is 0.0692. The molecule has 0 fully saturated rings. The summed E-state index contributed by atoms with van der Waals surface area (Å²) in [5.41, 5.74) is -0.359. The zero-order valence-corrected chi connectivity index (χ0v) is 11.6. The van der Waals surface area contributed by atoms with Gasteiger partial charge in [0.05, 0.1) is 10.7 Å². The number of nitrogens with zero attached hydrogens (tertiary/aromatic N) is 1. The third-order valence-corrected chi connectivity index (χ3v) is 3.00. The van der Waals surface area contributed by atoms with Crippen molar-refractivity contribution in [2.24, 2.45) is 0 Å². The number of carboxylic acids is 1. The summed E-state index contributed by atoms with van der Waals surface area (Å²) in [4.78, 5) is 14.6. The molecule has 0 saturated carbocycles. The molecule has 0 spiro atoms. The number of benzene rings is 1. The minimum atomic E-state index is -1.33. The van der Waals surface area contributed by atoms with Crippen LogP contribution in [0.5, 0.6) is 11.6 Å². The molecular weight excluding hydrogens is 340 g/mol. The van der Waals surface area contributed by atoms with Crippen molar-refractivity contribution in [3.8, 4) is 11.6 Å². The number of aromatic carboxylic acids is 1. The van der Waals surface area contributed by atoms with Gasteiger partial charge in [0.25, 0.3) is 0 Å². The van der Waals surface area contributed by atoms with Crippen LogP contribution in [-0.2, 0) is 0 Å². The van der Waals surface area contributed by atoms with Crippen LogP contribution in [0.2, 0.25) is 5.02 Å². The summed E-state index contributed by atoms with van der Waals surface area (Å²) in [6.07, 6.45) is 0.881. The van der Waals surface area contributed by atoms with E-state index in [9.17, 15) is 9.18 Å². The Morgan fingerprint density at radius 2 is 2.16 bits per heavy atom. The molecule has 1 aromatic carbocycles. The van der Waals surface area contributed by atoms with Crippen LogP contribution in [0, 0.1) is 5.82 Å². The normalized spacial score (nSPS) is 10.3. The third-order valence-electron chi connectivity index (χ3n) is 2.15. The van der Waals surface area contributed by atoms with Crippen molar-refractivity contribution in [2.75, 3.05) is 0 Å². The lowest BCUT2D eigenvalue weighted by Crippen LogP contribution is -2.03. The monoisotopic (exact) mass is 345 g/mol. The number of hydrogen-bond acceptors (Lipinski definition) is 3. The van der Waals surface area contributed by atoms with E-state index in [4.69, 9.17) is 21.4 Å². The molecule has 0 amide bonds. The van der Waals surface area contributed by atoms with Crippen LogP contribution in [0.25, 0.3) is 0 Å². The molecule has 98 valence electrons. The zero-order valence-electron chi connectivity index (χ0n) is 9.23.